The number of aromatic carboxylic acids is 1. The molecule has 0 fully saturated rings. The third-order valence-electron chi connectivity index (χ3n) is 2.50. The molecular weight excluding hydrogens is 264 g/mol. The lowest BCUT2D eigenvalue weighted by Crippen LogP contribution is -2.06. The van der Waals surface area contributed by atoms with E-state index in [1.165, 1.54) is 12.1 Å². The quantitative estimate of drug-likeness (QED) is 0.869. The fraction of sp³-hybridized carbons (Fsp3) is 0.143. The summed E-state index contributed by atoms with van der Waals surface area (Å²) in [6.45, 7) is 2.06. The van der Waals surface area contributed by atoms with Gasteiger partial charge in [0.1, 0.15) is 0 Å². The Kier molecular flexibility index (Phi) is 4.06. The molecule has 0 aliphatic carbocycles. The number of benzene rings is 1. The van der Waals surface area contributed by atoms with Gasteiger partial charge in [0.05, 0.1) is 0 Å². The highest BCUT2D eigenvalue weighted by molar-refractivity contribution is 7.99. The first-order valence-electron chi connectivity index (χ1n) is 5.72. The summed E-state index contributed by atoms with van der Waals surface area (Å²) >= 11 is 1.70. The van der Waals surface area contributed by atoms with E-state index < -0.39 is 11.6 Å². The summed E-state index contributed by atoms with van der Waals surface area (Å²) in [7, 11) is 0. The minimum absolute atomic E-state index is 0.330. The van der Waals surface area contributed by atoms with Gasteiger partial charge >= 0.3 is 11.6 Å². The van der Waals surface area contributed by atoms with E-state index in [1.54, 1.807) is 11.8 Å². The first-order valence-corrected chi connectivity index (χ1v) is 6.71. The first kappa shape index (κ1) is 13.4. The van der Waals surface area contributed by atoms with Crippen molar-refractivity contribution in [1.82, 2.24) is 0 Å². The van der Waals surface area contributed by atoms with Gasteiger partial charge in [0.15, 0.2) is 0 Å². The molecule has 1 heterocycles. The van der Waals surface area contributed by atoms with Gasteiger partial charge in [0.25, 0.3) is 0 Å². The van der Waals surface area contributed by atoms with E-state index in [4.69, 9.17) is 9.52 Å². The summed E-state index contributed by atoms with van der Waals surface area (Å²) in [6.07, 6.45) is 0. The van der Waals surface area contributed by atoms with Crippen molar-refractivity contribution in [1.29, 1.82) is 0 Å². The molecule has 0 spiro atoms. The summed E-state index contributed by atoms with van der Waals surface area (Å²) in [5.41, 5.74) is 0.445. The summed E-state index contributed by atoms with van der Waals surface area (Å²) in [5, 5.41) is 9.05. The molecule has 1 N–H and O–H groups in total. The van der Waals surface area contributed by atoms with Gasteiger partial charge in [-0.25, -0.2) is 9.59 Å². The Morgan fingerprint density at radius 2 is 1.89 bits per heavy atom. The van der Waals surface area contributed by atoms with Crippen LogP contribution in [0.5, 0.6) is 0 Å². The molecule has 0 radical (unpaired) electrons. The molecule has 0 saturated heterocycles. The van der Waals surface area contributed by atoms with Crippen LogP contribution < -0.4 is 5.63 Å². The molecule has 19 heavy (non-hydrogen) atoms. The smallest absolute Gasteiger partial charge is 0.372 e. The predicted molar refractivity (Wildman–Crippen MR) is 73.8 cm³/mol. The Hall–Kier alpha value is -2.01. The van der Waals surface area contributed by atoms with Gasteiger partial charge in [0.2, 0.25) is 5.76 Å². The van der Waals surface area contributed by atoms with E-state index in [0.717, 1.165) is 10.6 Å². The van der Waals surface area contributed by atoms with Crippen molar-refractivity contribution in [2.45, 2.75) is 11.8 Å². The van der Waals surface area contributed by atoms with Crippen molar-refractivity contribution in [3.05, 3.63) is 52.6 Å². The first-order chi connectivity index (χ1) is 9.11. The zero-order valence-corrected chi connectivity index (χ0v) is 11.1. The Labute approximate surface area is 114 Å². The third kappa shape index (κ3) is 3.06. The minimum atomic E-state index is -1.25. The Bertz CT molecular complexity index is 643. The second-order valence-electron chi connectivity index (χ2n) is 3.76. The van der Waals surface area contributed by atoms with Crippen LogP contribution in [-0.4, -0.2) is 16.8 Å². The zero-order chi connectivity index (χ0) is 13.8. The number of hydrogen-bond acceptors (Lipinski definition) is 4. The van der Waals surface area contributed by atoms with Crippen LogP contribution in [0.2, 0.25) is 0 Å². The number of hydrogen-bond donors (Lipinski definition) is 1. The maximum atomic E-state index is 11.1. The van der Waals surface area contributed by atoms with Gasteiger partial charge < -0.3 is 9.52 Å². The summed E-state index contributed by atoms with van der Waals surface area (Å²) in [5.74, 6) is -0.608. The topological polar surface area (TPSA) is 67.5 Å². The van der Waals surface area contributed by atoms with Crippen molar-refractivity contribution in [3.63, 3.8) is 0 Å². The van der Waals surface area contributed by atoms with Crippen molar-refractivity contribution in [2.24, 2.45) is 0 Å². The highest BCUT2D eigenvalue weighted by Crippen LogP contribution is 2.26. The second-order valence-corrected chi connectivity index (χ2v) is 5.10. The Morgan fingerprint density at radius 1 is 1.21 bits per heavy atom. The lowest BCUT2D eigenvalue weighted by molar-refractivity contribution is 0.0658. The minimum Gasteiger partial charge on any atom is -0.475 e. The SMILES string of the molecule is CCSc1ccc(-c2ccc(=O)oc2C(=O)O)cc1. The molecule has 0 aliphatic heterocycles. The molecule has 0 bridgehead atoms. The molecule has 2 rings (SSSR count). The Balaban J connectivity index is 2.46. The molecule has 0 saturated carbocycles. The van der Waals surface area contributed by atoms with Crippen LogP contribution in [0.4, 0.5) is 0 Å². The molecule has 0 amide bonds. The number of thioether (sulfide) groups is 1. The van der Waals surface area contributed by atoms with Crippen LogP contribution in [0.1, 0.15) is 17.5 Å². The molecule has 0 unspecified atom stereocenters. The molecule has 0 aliphatic rings. The lowest BCUT2D eigenvalue weighted by Gasteiger charge is -2.05. The number of rotatable bonds is 4. The standard InChI is InChI=1S/C14H12O4S/c1-2-19-10-5-3-9(4-6-10)11-7-8-12(15)18-13(11)14(16)17/h3-8H,2H2,1H3,(H,16,17). The molecule has 98 valence electrons. The molecule has 1 aromatic carbocycles. The maximum absolute atomic E-state index is 11.1. The maximum Gasteiger partial charge on any atom is 0.372 e. The van der Waals surface area contributed by atoms with Gasteiger partial charge in [-0.3, -0.25) is 0 Å². The fourth-order valence-corrected chi connectivity index (χ4v) is 2.36. The van der Waals surface area contributed by atoms with Gasteiger partial charge in [0, 0.05) is 16.5 Å². The van der Waals surface area contributed by atoms with Crippen molar-refractivity contribution in [2.75, 3.05) is 5.75 Å². The largest absolute Gasteiger partial charge is 0.475 e. The van der Waals surface area contributed by atoms with E-state index in [0.29, 0.717) is 11.1 Å². The van der Waals surface area contributed by atoms with Crippen LogP contribution in [0, 0.1) is 0 Å². The molecular formula is C14H12O4S. The molecule has 0 atom stereocenters. The monoisotopic (exact) mass is 276 g/mol. The number of carboxylic acids is 1. The normalized spacial score (nSPS) is 10.4. The van der Waals surface area contributed by atoms with Crippen LogP contribution in [-0.2, 0) is 0 Å². The van der Waals surface area contributed by atoms with E-state index in [-0.39, 0.29) is 5.76 Å². The molecule has 2 aromatic rings. The highest BCUT2D eigenvalue weighted by Gasteiger charge is 2.15. The second kappa shape index (κ2) is 5.75. The Morgan fingerprint density at radius 3 is 2.47 bits per heavy atom. The van der Waals surface area contributed by atoms with E-state index in [1.807, 2.05) is 24.3 Å². The van der Waals surface area contributed by atoms with Gasteiger partial charge in [-0.15, -0.1) is 11.8 Å². The molecule has 5 heteroatoms. The third-order valence-corrected chi connectivity index (χ3v) is 3.40. The summed E-state index contributed by atoms with van der Waals surface area (Å²) in [6, 6.07) is 10.2. The zero-order valence-electron chi connectivity index (χ0n) is 10.3. The average Bonchev–Trinajstić information content (AvgIpc) is 2.40. The number of carbonyl (C=O) groups is 1. The van der Waals surface area contributed by atoms with Crippen molar-refractivity contribution in [3.8, 4) is 11.1 Å². The summed E-state index contributed by atoms with van der Waals surface area (Å²) < 4.78 is 4.74. The van der Waals surface area contributed by atoms with Crippen molar-refractivity contribution < 1.29 is 14.3 Å². The van der Waals surface area contributed by atoms with Gasteiger partial charge in [-0.05, 0) is 29.5 Å². The van der Waals surface area contributed by atoms with Gasteiger partial charge in [-0.1, -0.05) is 19.1 Å². The fourth-order valence-electron chi connectivity index (χ4n) is 1.70. The van der Waals surface area contributed by atoms with Gasteiger partial charge in [-0.2, -0.15) is 0 Å². The van der Waals surface area contributed by atoms with Crippen LogP contribution in [0.25, 0.3) is 11.1 Å². The molecule has 1 aromatic heterocycles. The van der Waals surface area contributed by atoms with E-state index in [9.17, 15) is 9.59 Å². The highest BCUT2D eigenvalue weighted by atomic mass is 32.2. The summed E-state index contributed by atoms with van der Waals surface area (Å²) in [4.78, 5) is 23.3. The van der Waals surface area contributed by atoms with Crippen LogP contribution in [0.3, 0.4) is 0 Å². The van der Waals surface area contributed by atoms with E-state index >= 15 is 0 Å². The van der Waals surface area contributed by atoms with E-state index in [2.05, 4.69) is 6.92 Å². The predicted octanol–water partition coefficient (Wildman–Crippen LogP) is 3.12. The van der Waals surface area contributed by atoms with Crippen LogP contribution >= 0.6 is 11.8 Å². The lowest BCUT2D eigenvalue weighted by atomic mass is 10.1. The number of carboxylic acid groups (broad SMARTS) is 1. The van der Waals surface area contributed by atoms with Crippen molar-refractivity contribution >= 4 is 17.7 Å². The van der Waals surface area contributed by atoms with Crippen LogP contribution in [0.15, 0.2) is 50.5 Å². The average molecular weight is 276 g/mol. The molecule has 4 nitrogen and oxygen atoms in total.